The largest absolute Gasteiger partial charge is 0.493 e. The van der Waals surface area contributed by atoms with Gasteiger partial charge in [0.25, 0.3) is 11.6 Å². The third-order valence-electron chi connectivity index (χ3n) is 5.91. The van der Waals surface area contributed by atoms with E-state index in [0.717, 1.165) is 10.4 Å². The first-order chi connectivity index (χ1) is 17.7. The average molecular weight is 526 g/mol. The number of nitro groups is 1. The normalized spacial score (nSPS) is 10.7. The van der Waals surface area contributed by atoms with Crippen molar-refractivity contribution >= 4 is 28.8 Å². The van der Waals surface area contributed by atoms with Crippen molar-refractivity contribution in [1.82, 2.24) is 9.80 Å². The van der Waals surface area contributed by atoms with Crippen molar-refractivity contribution in [3.63, 3.8) is 0 Å². The monoisotopic (exact) mass is 525 g/mol. The fourth-order valence-electron chi connectivity index (χ4n) is 3.81. The number of hydrogen-bond acceptors (Lipinski definition) is 7. The van der Waals surface area contributed by atoms with Crippen molar-refractivity contribution in [3.05, 3.63) is 86.1 Å². The Hall–Kier alpha value is -3.92. The van der Waals surface area contributed by atoms with Gasteiger partial charge in [-0.15, -0.1) is 11.3 Å². The number of nitro benzene ring substituents is 1. The lowest BCUT2D eigenvalue weighted by atomic mass is 10.1. The number of ether oxygens (including phenoxy) is 2. The molecule has 1 aromatic heterocycles. The summed E-state index contributed by atoms with van der Waals surface area (Å²) in [6.45, 7) is 4.45. The van der Waals surface area contributed by atoms with Gasteiger partial charge in [-0.3, -0.25) is 19.7 Å². The summed E-state index contributed by atoms with van der Waals surface area (Å²) < 4.78 is 10.7. The van der Waals surface area contributed by atoms with Crippen LogP contribution in [0.4, 0.5) is 5.69 Å². The highest BCUT2D eigenvalue weighted by atomic mass is 32.1. The van der Waals surface area contributed by atoms with Crippen LogP contribution in [0.15, 0.2) is 60.0 Å². The summed E-state index contributed by atoms with van der Waals surface area (Å²) in [7, 11) is 3.16. The first kappa shape index (κ1) is 27.7. The number of nitrogens with zero attached hydrogens (tertiary/aromatic N) is 3. The van der Waals surface area contributed by atoms with Gasteiger partial charge in [-0.05, 0) is 61.5 Å². The van der Waals surface area contributed by atoms with Crippen LogP contribution in [0.5, 0.6) is 11.5 Å². The van der Waals surface area contributed by atoms with Crippen LogP contribution >= 0.6 is 11.3 Å². The highest BCUT2D eigenvalue weighted by molar-refractivity contribution is 7.09. The van der Waals surface area contributed by atoms with Crippen molar-refractivity contribution in [2.24, 2.45) is 0 Å². The molecule has 0 saturated heterocycles. The molecular formula is C27H31N3O6S. The molecule has 0 aliphatic carbocycles. The number of hydrogen-bond donors (Lipinski definition) is 0. The summed E-state index contributed by atoms with van der Waals surface area (Å²) >= 11 is 1.57. The van der Waals surface area contributed by atoms with Crippen LogP contribution in [0.25, 0.3) is 0 Å². The van der Waals surface area contributed by atoms with Crippen LogP contribution in [0, 0.1) is 10.1 Å². The van der Waals surface area contributed by atoms with Crippen molar-refractivity contribution in [2.75, 3.05) is 27.3 Å². The van der Waals surface area contributed by atoms with Gasteiger partial charge in [0.2, 0.25) is 5.91 Å². The van der Waals surface area contributed by atoms with Crippen molar-refractivity contribution < 1.29 is 24.0 Å². The second-order valence-electron chi connectivity index (χ2n) is 8.66. The first-order valence-electron chi connectivity index (χ1n) is 11.8. The molecule has 3 aromatic rings. The zero-order valence-electron chi connectivity index (χ0n) is 21.4. The number of benzene rings is 2. The van der Waals surface area contributed by atoms with E-state index in [-0.39, 0.29) is 30.1 Å². The molecule has 0 radical (unpaired) electrons. The summed E-state index contributed by atoms with van der Waals surface area (Å²) in [5.74, 6) is 0.720. The number of rotatable bonds is 12. The van der Waals surface area contributed by atoms with Crippen LogP contribution in [0.1, 0.15) is 34.6 Å². The van der Waals surface area contributed by atoms with Gasteiger partial charge >= 0.3 is 0 Å². The molecule has 0 atom stereocenters. The van der Waals surface area contributed by atoms with Crippen molar-refractivity contribution in [3.8, 4) is 11.5 Å². The van der Waals surface area contributed by atoms with Gasteiger partial charge in [0.15, 0.2) is 11.5 Å². The molecule has 37 heavy (non-hydrogen) atoms. The van der Waals surface area contributed by atoms with E-state index in [0.29, 0.717) is 36.6 Å². The summed E-state index contributed by atoms with van der Waals surface area (Å²) in [5.41, 5.74) is 1.19. The van der Waals surface area contributed by atoms with Crippen molar-refractivity contribution in [1.29, 1.82) is 0 Å². The molecule has 2 aromatic carbocycles. The molecule has 0 bridgehead atoms. The van der Waals surface area contributed by atoms with E-state index in [9.17, 15) is 19.7 Å². The average Bonchev–Trinajstić information content (AvgIpc) is 3.42. The van der Waals surface area contributed by atoms with Gasteiger partial charge < -0.3 is 19.3 Å². The van der Waals surface area contributed by atoms with Gasteiger partial charge in [0, 0.05) is 35.2 Å². The smallest absolute Gasteiger partial charge is 0.269 e. The molecule has 0 unspecified atom stereocenters. The molecule has 0 saturated carbocycles. The van der Waals surface area contributed by atoms with Gasteiger partial charge in [-0.25, -0.2) is 0 Å². The van der Waals surface area contributed by atoms with E-state index in [1.807, 2.05) is 49.6 Å². The van der Waals surface area contributed by atoms with E-state index in [1.165, 1.54) is 29.2 Å². The van der Waals surface area contributed by atoms with E-state index < -0.39 is 4.92 Å². The van der Waals surface area contributed by atoms with Gasteiger partial charge in [0.1, 0.15) is 6.54 Å². The Balaban J connectivity index is 1.77. The Morgan fingerprint density at radius 2 is 1.73 bits per heavy atom. The molecule has 1 heterocycles. The molecule has 0 aliphatic heterocycles. The van der Waals surface area contributed by atoms with Gasteiger partial charge in [0.05, 0.1) is 25.7 Å². The Labute approximate surface area is 220 Å². The Bertz CT molecular complexity index is 1210. The highest BCUT2D eigenvalue weighted by Crippen LogP contribution is 2.28. The van der Waals surface area contributed by atoms with Crippen LogP contribution in [0.2, 0.25) is 0 Å². The summed E-state index contributed by atoms with van der Waals surface area (Å²) in [5, 5.41) is 12.9. The zero-order valence-corrected chi connectivity index (χ0v) is 22.2. The third-order valence-corrected chi connectivity index (χ3v) is 6.77. The number of non-ortho nitro benzene ring substituents is 1. The summed E-state index contributed by atoms with van der Waals surface area (Å²) in [6, 6.07) is 14.8. The maximum Gasteiger partial charge on any atom is 0.269 e. The molecule has 196 valence electrons. The Kier molecular flexibility index (Phi) is 9.62. The first-order valence-corrected chi connectivity index (χ1v) is 12.7. The predicted molar refractivity (Wildman–Crippen MR) is 142 cm³/mol. The Morgan fingerprint density at radius 1 is 1.03 bits per heavy atom. The highest BCUT2D eigenvalue weighted by Gasteiger charge is 2.25. The van der Waals surface area contributed by atoms with E-state index >= 15 is 0 Å². The standard InChI is InChI=1S/C27H31N3O6S/c1-19(2)29(27(32)21-8-10-22(11-9-21)30(33)34)18-26(31)28(17-23-6-5-15-37-23)14-13-20-7-12-24(35-3)25(16-20)36-4/h5-12,15-16,19H,13-14,17-18H2,1-4H3. The molecule has 10 heteroatoms. The van der Waals surface area contributed by atoms with Crippen molar-refractivity contribution in [2.45, 2.75) is 32.9 Å². The summed E-state index contributed by atoms with van der Waals surface area (Å²) in [6.07, 6.45) is 0.593. The second-order valence-corrected chi connectivity index (χ2v) is 9.70. The SMILES string of the molecule is COc1ccc(CCN(Cc2cccs2)C(=O)CN(C(=O)c2ccc([N+](=O)[O-])cc2)C(C)C)cc1OC. The quantitative estimate of drug-likeness (QED) is 0.249. The van der Waals surface area contributed by atoms with Crippen LogP contribution in [-0.2, 0) is 17.8 Å². The van der Waals surface area contributed by atoms with E-state index in [2.05, 4.69) is 0 Å². The minimum atomic E-state index is -0.515. The van der Waals surface area contributed by atoms with Gasteiger partial charge in [-0.2, -0.15) is 0 Å². The Morgan fingerprint density at radius 3 is 2.30 bits per heavy atom. The fraction of sp³-hybridized carbons (Fsp3) is 0.333. The van der Waals surface area contributed by atoms with E-state index in [4.69, 9.17) is 9.47 Å². The third kappa shape index (κ3) is 7.29. The number of carbonyl (C=O) groups excluding carboxylic acids is 2. The molecular weight excluding hydrogens is 494 g/mol. The molecule has 2 amide bonds. The number of amides is 2. The minimum Gasteiger partial charge on any atom is -0.493 e. The number of methoxy groups -OCH3 is 2. The molecule has 0 N–H and O–H groups in total. The minimum absolute atomic E-state index is 0.0963. The molecule has 3 rings (SSSR count). The maximum atomic E-state index is 13.5. The molecule has 0 spiro atoms. The molecule has 0 aliphatic rings. The number of thiophene rings is 1. The fourth-order valence-corrected chi connectivity index (χ4v) is 4.53. The zero-order chi connectivity index (χ0) is 26.9. The topological polar surface area (TPSA) is 102 Å². The lowest BCUT2D eigenvalue weighted by Crippen LogP contribution is -2.46. The van der Waals surface area contributed by atoms with Gasteiger partial charge in [-0.1, -0.05) is 12.1 Å². The van der Waals surface area contributed by atoms with E-state index in [1.54, 1.807) is 30.5 Å². The lowest BCUT2D eigenvalue weighted by molar-refractivity contribution is -0.384. The predicted octanol–water partition coefficient (Wildman–Crippen LogP) is 4.80. The number of carbonyl (C=O) groups is 2. The van der Waals surface area contributed by atoms with Crippen LogP contribution in [0.3, 0.4) is 0 Å². The van der Waals surface area contributed by atoms with Crippen LogP contribution in [-0.4, -0.2) is 59.9 Å². The van der Waals surface area contributed by atoms with Crippen LogP contribution < -0.4 is 9.47 Å². The maximum absolute atomic E-state index is 13.5. The lowest BCUT2D eigenvalue weighted by Gasteiger charge is -2.30. The molecule has 0 fully saturated rings. The summed E-state index contributed by atoms with van der Waals surface area (Å²) in [4.78, 5) is 41.4. The molecule has 9 nitrogen and oxygen atoms in total. The second kappa shape index (κ2) is 12.9.